The maximum atomic E-state index is 14.1. The number of carbonyl (C=O) groups excluding carboxylic acids is 1. The Morgan fingerprint density at radius 3 is 2.83 bits per heavy atom. The third-order valence-electron chi connectivity index (χ3n) is 4.43. The minimum atomic E-state index is -0.214. The van der Waals surface area contributed by atoms with Crippen LogP contribution in [0.1, 0.15) is 23.8 Å². The molecule has 1 aromatic heterocycles. The van der Waals surface area contributed by atoms with E-state index in [1.54, 1.807) is 18.4 Å². The summed E-state index contributed by atoms with van der Waals surface area (Å²) < 4.78 is 19.3. The molecule has 122 valence electrons. The molecule has 1 amide bonds. The molecule has 5 heteroatoms. The molecule has 0 radical (unpaired) electrons. The highest BCUT2D eigenvalue weighted by molar-refractivity contribution is 5.76. The maximum Gasteiger partial charge on any atom is 0.223 e. The van der Waals surface area contributed by atoms with Gasteiger partial charge in [0.15, 0.2) is 0 Å². The van der Waals surface area contributed by atoms with Gasteiger partial charge in [0.05, 0.1) is 12.3 Å². The van der Waals surface area contributed by atoms with Crippen molar-refractivity contribution in [1.82, 2.24) is 9.80 Å². The van der Waals surface area contributed by atoms with Gasteiger partial charge >= 0.3 is 0 Å². The highest BCUT2D eigenvalue weighted by Gasteiger charge is 2.29. The van der Waals surface area contributed by atoms with Gasteiger partial charge in [-0.25, -0.2) is 4.39 Å². The van der Waals surface area contributed by atoms with Crippen molar-refractivity contribution >= 4 is 5.91 Å². The van der Waals surface area contributed by atoms with Crippen molar-refractivity contribution in [1.29, 1.82) is 0 Å². The highest BCUT2D eigenvalue weighted by Crippen LogP contribution is 2.26. The molecule has 1 aliphatic rings. The summed E-state index contributed by atoms with van der Waals surface area (Å²) in [6, 6.07) is 10.4. The zero-order valence-electron chi connectivity index (χ0n) is 13.2. The molecular weight excluding hydrogens is 295 g/mol. The van der Waals surface area contributed by atoms with E-state index in [1.807, 2.05) is 30.1 Å². The predicted molar refractivity (Wildman–Crippen MR) is 85.4 cm³/mol. The van der Waals surface area contributed by atoms with Crippen molar-refractivity contribution in [2.45, 2.75) is 18.9 Å². The Hall–Kier alpha value is -2.14. The molecule has 2 heterocycles. The normalized spacial score (nSPS) is 19.0. The van der Waals surface area contributed by atoms with Gasteiger partial charge in [-0.2, -0.15) is 0 Å². The second kappa shape index (κ2) is 6.96. The third kappa shape index (κ3) is 3.62. The SMILES string of the molecule is CN1CCN(C(=O)CCc2ccco2)CC1c1ccccc1F. The average Bonchev–Trinajstić information content (AvgIpc) is 3.07. The van der Waals surface area contributed by atoms with E-state index in [0.717, 1.165) is 12.3 Å². The monoisotopic (exact) mass is 316 g/mol. The van der Waals surface area contributed by atoms with Gasteiger partial charge in [-0.05, 0) is 25.2 Å². The summed E-state index contributed by atoms with van der Waals surface area (Å²) in [5, 5.41) is 0. The van der Waals surface area contributed by atoms with Gasteiger partial charge in [0.2, 0.25) is 5.91 Å². The van der Waals surface area contributed by atoms with E-state index in [4.69, 9.17) is 4.42 Å². The molecule has 4 nitrogen and oxygen atoms in total. The number of aryl methyl sites for hydroxylation is 1. The zero-order valence-corrected chi connectivity index (χ0v) is 13.2. The Kier molecular flexibility index (Phi) is 4.76. The van der Waals surface area contributed by atoms with E-state index in [1.165, 1.54) is 6.07 Å². The van der Waals surface area contributed by atoms with Gasteiger partial charge in [-0.3, -0.25) is 9.69 Å². The molecule has 1 atom stereocenters. The number of rotatable bonds is 4. The number of furan rings is 1. The molecule has 1 aromatic carbocycles. The summed E-state index contributed by atoms with van der Waals surface area (Å²) in [7, 11) is 1.97. The number of benzene rings is 1. The van der Waals surface area contributed by atoms with Gasteiger partial charge in [-0.15, -0.1) is 0 Å². The molecule has 0 bridgehead atoms. The van der Waals surface area contributed by atoms with E-state index in [2.05, 4.69) is 4.90 Å². The number of nitrogens with zero attached hydrogens (tertiary/aromatic N) is 2. The van der Waals surface area contributed by atoms with Crippen LogP contribution in [-0.4, -0.2) is 42.4 Å². The molecule has 23 heavy (non-hydrogen) atoms. The molecule has 3 rings (SSSR count). The Morgan fingerprint density at radius 1 is 1.26 bits per heavy atom. The smallest absolute Gasteiger partial charge is 0.223 e. The first kappa shape index (κ1) is 15.7. The average molecular weight is 316 g/mol. The minimum absolute atomic E-state index is 0.0934. The molecule has 1 fully saturated rings. The molecule has 1 aliphatic heterocycles. The molecule has 2 aromatic rings. The second-order valence-electron chi connectivity index (χ2n) is 5.94. The van der Waals surface area contributed by atoms with Crippen LogP contribution in [0.25, 0.3) is 0 Å². The summed E-state index contributed by atoms with van der Waals surface area (Å²) >= 11 is 0. The summed E-state index contributed by atoms with van der Waals surface area (Å²) in [5.74, 6) is 0.697. The minimum Gasteiger partial charge on any atom is -0.469 e. The van der Waals surface area contributed by atoms with Crippen molar-refractivity contribution in [2.75, 3.05) is 26.7 Å². The first-order valence-corrected chi connectivity index (χ1v) is 7.90. The number of amides is 1. The molecule has 0 spiro atoms. The van der Waals surface area contributed by atoms with Crippen LogP contribution < -0.4 is 0 Å². The predicted octanol–water partition coefficient (Wildman–Crippen LogP) is 2.87. The van der Waals surface area contributed by atoms with Crippen LogP contribution in [-0.2, 0) is 11.2 Å². The van der Waals surface area contributed by atoms with Crippen LogP contribution in [0.5, 0.6) is 0 Å². The van der Waals surface area contributed by atoms with E-state index in [9.17, 15) is 9.18 Å². The second-order valence-corrected chi connectivity index (χ2v) is 5.94. The first-order chi connectivity index (χ1) is 11.1. The largest absolute Gasteiger partial charge is 0.469 e. The van der Waals surface area contributed by atoms with Gasteiger partial charge in [0, 0.05) is 38.0 Å². The van der Waals surface area contributed by atoms with Gasteiger partial charge < -0.3 is 9.32 Å². The quantitative estimate of drug-likeness (QED) is 0.870. The Labute approximate surface area is 135 Å². The number of hydrogen-bond donors (Lipinski definition) is 0. The molecule has 0 aliphatic carbocycles. The number of likely N-dealkylation sites (N-methyl/N-ethyl adjacent to an activating group) is 1. The van der Waals surface area contributed by atoms with Crippen molar-refractivity contribution in [2.24, 2.45) is 0 Å². The standard InChI is InChI=1S/C18H21FN2O2/c1-20-10-11-21(18(22)9-8-14-5-4-12-23-14)13-17(20)15-6-2-3-7-16(15)19/h2-7,12,17H,8-11,13H2,1H3. The van der Waals surface area contributed by atoms with Gasteiger partial charge in [0.1, 0.15) is 11.6 Å². The van der Waals surface area contributed by atoms with Crippen LogP contribution in [0.4, 0.5) is 4.39 Å². The number of carbonyl (C=O) groups is 1. The van der Waals surface area contributed by atoms with Gasteiger partial charge in [-0.1, -0.05) is 18.2 Å². The summed E-state index contributed by atoms with van der Waals surface area (Å²) in [5.41, 5.74) is 0.651. The fraction of sp³-hybridized carbons (Fsp3) is 0.389. The van der Waals surface area contributed by atoms with E-state index >= 15 is 0 Å². The molecule has 1 saturated heterocycles. The van der Waals surface area contributed by atoms with E-state index < -0.39 is 0 Å². The van der Waals surface area contributed by atoms with E-state index in [-0.39, 0.29) is 17.8 Å². The van der Waals surface area contributed by atoms with Crippen LogP contribution in [0.3, 0.4) is 0 Å². The van der Waals surface area contributed by atoms with Crippen LogP contribution in [0.2, 0.25) is 0 Å². The number of hydrogen-bond acceptors (Lipinski definition) is 3. The first-order valence-electron chi connectivity index (χ1n) is 7.90. The summed E-state index contributed by atoms with van der Waals surface area (Å²) in [6.07, 6.45) is 2.63. The fourth-order valence-corrected chi connectivity index (χ4v) is 3.02. The number of piperazine rings is 1. The van der Waals surface area contributed by atoms with Crippen molar-refractivity contribution in [3.8, 4) is 0 Å². The fourth-order valence-electron chi connectivity index (χ4n) is 3.02. The highest BCUT2D eigenvalue weighted by atomic mass is 19.1. The number of halogens is 1. The lowest BCUT2D eigenvalue weighted by Crippen LogP contribution is -2.49. The van der Waals surface area contributed by atoms with Crippen LogP contribution in [0, 0.1) is 5.82 Å². The molecule has 0 N–H and O–H groups in total. The lowest BCUT2D eigenvalue weighted by atomic mass is 10.0. The summed E-state index contributed by atoms with van der Waals surface area (Å²) in [6.45, 7) is 1.94. The Balaban J connectivity index is 1.65. The molecular formula is C18H21FN2O2. The van der Waals surface area contributed by atoms with Gasteiger partial charge in [0.25, 0.3) is 0 Å². The van der Waals surface area contributed by atoms with E-state index in [0.29, 0.717) is 31.5 Å². The molecule has 1 unspecified atom stereocenters. The summed E-state index contributed by atoms with van der Waals surface area (Å²) in [4.78, 5) is 16.4. The Morgan fingerprint density at radius 2 is 2.09 bits per heavy atom. The van der Waals surface area contributed by atoms with Crippen LogP contribution in [0.15, 0.2) is 47.1 Å². The third-order valence-corrected chi connectivity index (χ3v) is 4.43. The Bertz CT molecular complexity index is 657. The molecule has 0 saturated carbocycles. The maximum absolute atomic E-state index is 14.1. The topological polar surface area (TPSA) is 36.7 Å². The van der Waals surface area contributed by atoms with Crippen molar-refractivity contribution < 1.29 is 13.6 Å². The van der Waals surface area contributed by atoms with Crippen LogP contribution >= 0.6 is 0 Å². The van der Waals surface area contributed by atoms with Crippen molar-refractivity contribution in [3.05, 3.63) is 59.8 Å². The lowest BCUT2D eigenvalue weighted by Gasteiger charge is -2.39. The van der Waals surface area contributed by atoms with Crippen molar-refractivity contribution in [3.63, 3.8) is 0 Å². The zero-order chi connectivity index (χ0) is 16.2. The lowest BCUT2D eigenvalue weighted by molar-refractivity contribution is -0.134.